The Bertz CT molecular complexity index is 1570. The van der Waals surface area contributed by atoms with Gasteiger partial charge in [0.15, 0.2) is 26.5 Å². The third-order valence-corrected chi connectivity index (χ3v) is 24.7. The quantitative estimate of drug-likeness (QED) is 0.108. The van der Waals surface area contributed by atoms with Crippen molar-refractivity contribution in [1.29, 1.82) is 0 Å². The number of hydrogen-bond acceptors (Lipinski definition) is 9. The number of hydrogen-bond donors (Lipinski definition) is 1. The molecule has 9 nitrogen and oxygen atoms in total. The normalized spacial score (nSPS) is 29.9. The summed E-state index contributed by atoms with van der Waals surface area (Å²) in [5, 5.41) is 9.32. The van der Waals surface area contributed by atoms with E-state index in [1.54, 1.807) is 31.4 Å². The van der Waals surface area contributed by atoms with Crippen molar-refractivity contribution in [2.75, 3.05) is 26.1 Å². The van der Waals surface area contributed by atoms with E-state index < -0.39 is 50.7 Å². The Kier molecular flexibility index (Phi) is 16.7. The van der Waals surface area contributed by atoms with Crippen molar-refractivity contribution >= 4 is 26.5 Å². The van der Waals surface area contributed by atoms with Gasteiger partial charge in [-0.15, -0.1) is 0 Å². The van der Waals surface area contributed by atoms with E-state index in [1.807, 2.05) is 6.07 Å². The van der Waals surface area contributed by atoms with E-state index in [1.165, 1.54) is 0 Å². The molecule has 4 rings (SSSR count). The third-order valence-electron chi connectivity index (χ3n) is 13.8. The number of rotatable bonds is 19. The molecule has 0 bridgehead atoms. The van der Waals surface area contributed by atoms with Crippen molar-refractivity contribution in [3.63, 3.8) is 0 Å². The maximum Gasteiger partial charge on any atom is 0.192 e. The Balaban J connectivity index is 1.59. The summed E-state index contributed by atoms with van der Waals surface area (Å²) in [5.41, 5.74) is 2.14. The van der Waals surface area contributed by atoms with Crippen LogP contribution in [0.3, 0.4) is 0 Å². The first-order valence-electron chi connectivity index (χ1n) is 21.4. The van der Waals surface area contributed by atoms with Crippen LogP contribution in [0.1, 0.15) is 99.8 Å². The van der Waals surface area contributed by atoms with Crippen molar-refractivity contribution in [3.05, 3.63) is 54.6 Å². The predicted molar refractivity (Wildman–Crippen MR) is 235 cm³/mol. The fraction of sp³-hybridized carbons (Fsp3) is 0.778. The Labute approximate surface area is 348 Å². The summed E-state index contributed by atoms with van der Waals surface area (Å²) in [5.74, 6) is -0.324. The lowest BCUT2D eigenvalue weighted by atomic mass is 9.83. The molecule has 1 N–H and O–H groups in total. The molecule has 1 aromatic rings. The minimum Gasteiger partial charge on any atom is -0.414 e. The maximum atomic E-state index is 14.1. The second-order valence-electron chi connectivity index (χ2n) is 20.2. The molecule has 3 fully saturated rings. The van der Waals surface area contributed by atoms with Crippen molar-refractivity contribution < 1.29 is 41.3 Å². The second-order valence-corrected chi connectivity index (χ2v) is 31.8. The van der Waals surface area contributed by atoms with E-state index in [2.05, 4.69) is 87.8 Å². The second kappa shape index (κ2) is 19.7. The molecule has 0 aromatic heterocycles. The van der Waals surface area contributed by atoms with Crippen LogP contribution in [-0.2, 0) is 37.6 Å². The van der Waals surface area contributed by atoms with Gasteiger partial charge in [0.2, 0.25) is 0 Å². The lowest BCUT2D eigenvalue weighted by molar-refractivity contribution is -0.0782. The van der Waals surface area contributed by atoms with Crippen LogP contribution in [-0.4, -0.2) is 105 Å². The van der Waals surface area contributed by atoms with E-state index in [4.69, 9.17) is 27.8 Å². The average Bonchev–Trinajstić information content (AvgIpc) is 3.63. The smallest absolute Gasteiger partial charge is 0.192 e. The average molecular weight is 851 g/mol. The fourth-order valence-corrected chi connectivity index (χ4v) is 12.1. The van der Waals surface area contributed by atoms with Gasteiger partial charge in [0, 0.05) is 32.5 Å². The summed E-state index contributed by atoms with van der Waals surface area (Å²) in [6.45, 7) is 34.2. The van der Waals surface area contributed by atoms with Crippen LogP contribution in [0.5, 0.6) is 0 Å². The van der Waals surface area contributed by atoms with E-state index >= 15 is 0 Å². The molecule has 0 radical (unpaired) electrons. The molecule has 0 aliphatic carbocycles. The van der Waals surface area contributed by atoms with Crippen molar-refractivity contribution in [2.24, 2.45) is 11.8 Å². The largest absolute Gasteiger partial charge is 0.414 e. The molecule has 12 heteroatoms. The van der Waals surface area contributed by atoms with Gasteiger partial charge >= 0.3 is 0 Å². The summed E-state index contributed by atoms with van der Waals surface area (Å²) in [6, 6.07) is 8.68. The lowest BCUT2D eigenvalue weighted by Gasteiger charge is -2.42. The highest BCUT2D eigenvalue weighted by Gasteiger charge is 2.50. The first-order valence-corrected chi connectivity index (χ1v) is 28.9. The Hall–Kier alpha value is -1.20. The molecule has 0 amide bonds. The molecule has 6 unspecified atom stereocenters. The lowest BCUT2D eigenvalue weighted by Crippen LogP contribution is -2.49. The molecule has 1 aromatic carbocycles. The maximum absolute atomic E-state index is 14.1. The zero-order valence-electron chi connectivity index (χ0n) is 37.5. The molecule has 0 spiro atoms. The molecule has 57 heavy (non-hydrogen) atoms. The zero-order chi connectivity index (χ0) is 42.6. The summed E-state index contributed by atoms with van der Waals surface area (Å²) in [7, 11) is -6.35. The van der Waals surface area contributed by atoms with Crippen LogP contribution >= 0.6 is 0 Å². The van der Waals surface area contributed by atoms with Crippen LogP contribution in [0.15, 0.2) is 59.5 Å². The van der Waals surface area contributed by atoms with E-state index in [0.717, 1.165) is 49.7 Å². The summed E-state index contributed by atoms with van der Waals surface area (Å²) < 4.78 is 68.6. The molecular formula is C45H78O9SSi2. The minimum absolute atomic E-state index is 0.000157. The van der Waals surface area contributed by atoms with Gasteiger partial charge in [-0.2, -0.15) is 0 Å². The summed E-state index contributed by atoms with van der Waals surface area (Å²) in [4.78, 5) is 0.297. The van der Waals surface area contributed by atoms with Gasteiger partial charge in [0.05, 0.1) is 66.1 Å². The van der Waals surface area contributed by atoms with Gasteiger partial charge in [0.1, 0.15) is 0 Å². The first-order chi connectivity index (χ1) is 26.4. The summed E-state index contributed by atoms with van der Waals surface area (Å²) >= 11 is 0. The topological polar surface area (TPSA) is 110 Å². The fourth-order valence-electron chi connectivity index (χ4n) is 8.08. The highest BCUT2D eigenvalue weighted by Crippen LogP contribution is 2.44. The Morgan fingerprint density at radius 3 is 2.11 bits per heavy atom. The molecule has 3 aliphatic rings. The van der Waals surface area contributed by atoms with Crippen molar-refractivity contribution in [2.45, 2.75) is 190 Å². The Morgan fingerprint density at radius 2 is 1.51 bits per heavy atom. The molecule has 0 saturated carbocycles. The number of aliphatic hydroxyl groups is 1. The van der Waals surface area contributed by atoms with Gasteiger partial charge in [-0.1, -0.05) is 79.8 Å². The SMILES string of the molecule is C=C1CC(CCCO)OC1CC[C@H]1C[C@@H](C)C(=C)C(C[C@@H]2OC(CC(CO[Si](C)(C)C(C)(C)C)O[Si](C)(C)C(C)(C)C)[C@H](OC)C2CS(=O)(=O)c2ccccc2)O1. The summed E-state index contributed by atoms with van der Waals surface area (Å²) in [6.07, 6.45) is 4.12. The van der Waals surface area contributed by atoms with Crippen LogP contribution in [0, 0.1) is 11.8 Å². The van der Waals surface area contributed by atoms with Crippen LogP contribution in [0.2, 0.25) is 36.3 Å². The highest BCUT2D eigenvalue weighted by molar-refractivity contribution is 7.91. The van der Waals surface area contributed by atoms with Crippen LogP contribution in [0.25, 0.3) is 0 Å². The number of sulfone groups is 1. The molecule has 326 valence electrons. The van der Waals surface area contributed by atoms with E-state index in [9.17, 15) is 13.5 Å². The van der Waals surface area contributed by atoms with Crippen molar-refractivity contribution in [1.82, 2.24) is 0 Å². The monoisotopic (exact) mass is 850 g/mol. The first kappa shape index (κ1) is 48.5. The minimum atomic E-state index is -3.68. The molecule has 3 heterocycles. The number of ether oxygens (including phenoxy) is 4. The third kappa shape index (κ3) is 12.7. The van der Waals surface area contributed by atoms with Gasteiger partial charge in [-0.25, -0.2) is 8.42 Å². The van der Waals surface area contributed by atoms with E-state index in [-0.39, 0.29) is 58.9 Å². The molecule has 3 saturated heterocycles. The number of benzene rings is 1. The van der Waals surface area contributed by atoms with Crippen LogP contribution < -0.4 is 0 Å². The standard InChI is InChI=1S/C45H78O9SSi2/c1-31-25-35(22-23-39-32(2)26-34(51-39)19-18-24-46)52-40(33(31)3)28-41-38(30-55(47,48)37-20-16-15-17-21-37)43(49-10)42(53-41)27-36(54-57(13,14)45(7,8)9)29-50-56(11,12)44(4,5)6/h15-17,20-21,31,34-36,38-43,46H,2-3,18-19,22-30H2,1,4-14H3/t31-,34?,35+,36?,38?,39?,40?,41+,42?,43-/m1/s1. The zero-order valence-corrected chi connectivity index (χ0v) is 40.3. The molecular weight excluding hydrogens is 773 g/mol. The highest BCUT2D eigenvalue weighted by atomic mass is 32.2. The van der Waals surface area contributed by atoms with Gasteiger partial charge in [-0.3, -0.25) is 0 Å². The van der Waals surface area contributed by atoms with E-state index in [0.29, 0.717) is 24.3 Å². The van der Waals surface area contributed by atoms with Crippen molar-refractivity contribution in [3.8, 4) is 0 Å². The number of methoxy groups -OCH3 is 1. The van der Waals surface area contributed by atoms with Gasteiger partial charge < -0.3 is 32.9 Å². The van der Waals surface area contributed by atoms with Gasteiger partial charge in [-0.05, 0) is 104 Å². The predicted octanol–water partition coefficient (Wildman–Crippen LogP) is 9.67. The van der Waals surface area contributed by atoms with Gasteiger partial charge in [0.25, 0.3) is 0 Å². The molecule has 10 atom stereocenters. The van der Waals surface area contributed by atoms with Crippen LogP contribution in [0.4, 0.5) is 0 Å². The molecule has 3 aliphatic heterocycles. The Morgan fingerprint density at radius 1 is 0.877 bits per heavy atom. The number of aliphatic hydroxyl groups excluding tert-OH is 1.